The molecule has 0 saturated heterocycles. The number of benzene rings is 1. The van der Waals surface area contributed by atoms with E-state index in [-0.39, 0.29) is 11.7 Å². The molecule has 18 heavy (non-hydrogen) atoms. The van der Waals surface area contributed by atoms with E-state index in [1.165, 1.54) is 0 Å². The Kier molecular flexibility index (Phi) is 6.11. The van der Waals surface area contributed by atoms with Gasteiger partial charge in [0.25, 0.3) is 0 Å². The fourth-order valence-corrected chi connectivity index (χ4v) is 2.81. The summed E-state index contributed by atoms with van der Waals surface area (Å²) in [7, 11) is 1.63. The Morgan fingerprint density at radius 1 is 1.39 bits per heavy atom. The molecule has 4 nitrogen and oxygen atoms in total. The number of aromatic hydroxyl groups is 1. The maximum atomic E-state index is 11.3. The van der Waals surface area contributed by atoms with E-state index in [1.54, 1.807) is 7.05 Å². The number of nitrogens with one attached hydrogen (secondary N) is 1. The zero-order valence-corrected chi connectivity index (χ0v) is 13.5. The fraction of sp³-hybridized carbons (Fsp3) is 0.417. The van der Waals surface area contributed by atoms with Crippen molar-refractivity contribution in [3.05, 3.63) is 26.6 Å². The Bertz CT molecular complexity index is 415. The number of likely N-dealkylation sites (N-methyl/N-ethyl adjacent to an activating group) is 2. The van der Waals surface area contributed by atoms with E-state index < -0.39 is 0 Å². The van der Waals surface area contributed by atoms with Crippen molar-refractivity contribution < 1.29 is 9.90 Å². The first-order valence-electron chi connectivity index (χ1n) is 5.57. The van der Waals surface area contributed by atoms with Gasteiger partial charge in [0.1, 0.15) is 5.75 Å². The number of rotatable bonds is 5. The third-order valence-electron chi connectivity index (χ3n) is 2.58. The van der Waals surface area contributed by atoms with Crippen LogP contribution in [0.25, 0.3) is 0 Å². The van der Waals surface area contributed by atoms with Crippen LogP contribution in [-0.2, 0) is 11.3 Å². The lowest BCUT2D eigenvalue weighted by molar-refractivity contribution is -0.121. The molecule has 1 aromatic carbocycles. The Hall–Kier alpha value is -0.590. The van der Waals surface area contributed by atoms with Gasteiger partial charge in [-0.1, -0.05) is 6.92 Å². The molecule has 0 heterocycles. The summed E-state index contributed by atoms with van der Waals surface area (Å²) in [6, 6.07) is 3.71. The van der Waals surface area contributed by atoms with Gasteiger partial charge in [-0.15, -0.1) is 0 Å². The smallest absolute Gasteiger partial charge is 0.233 e. The van der Waals surface area contributed by atoms with Crippen molar-refractivity contribution >= 4 is 37.8 Å². The standard InChI is InChI=1S/C12H16Br2N2O2/c1-3-16(7-11(17)15-2)6-8-4-9(13)12(18)10(14)5-8/h4-5,18H,3,6-7H2,1-2H3,(H,15,17). The highest BCUT2D eigenvalue weighted by Crippen LogP contribution is 2.33. The second-order valence-electron chi connectivity index (χ2n) is 3.88. The van der Waals surface area contributed by atoms with Gasteiger partial charge in [-0.05, 0) is 56.1 Å². The van der Waals surface area contributed by atoms with Gasteiger partial charge in [0, 0.05) is 13.6 Å². The fourth-order valence-electron chi connectivity index (χ4n) is 1.53. The van der Waals surface area contributed by atoms with Crippen LogP contribution in [0.15, 0.2) is 21.1 Å². The van der Waals surface area contributed by atoms with E-state index in [2.05, 4.69) is 37.2 Å². The highest BCUT2D eigenvalue weighted by Gasteiger charge is 2.11. The molecule has 0 aliphatic rings. The first-order chi connectivity index (χ1) is 8.47. The van der Waals surface area contributed by atoms with E-state index >= 15 is 0 Å². The minimum atomic E-state index is -0.00578. The lowest BCUT2D eigenvalue weighted by Gasteiger charge is -2.19. The third-order valence-corrected chi connectivity index (χ3v) is 3.79. The van der Waals surface area contributed by atoms with Gasteiger partial charge < -0.3 is 10.4 Å². The van der Waals surface area contributed by atoms with Gasteiger partial charge in [0.05, 0.1) is 15.5 Å². The van der Waals surface area contributed by atoms with Gasteiger partial charge >= 0.3 is 0 Å². The number of phenols is 1. The minimum absolute atomic E-state index is 0.00578. The first kappa shape index (κ1) is 15.5. The molecule has 0 atom stereocenters. The van der Waals surface area contributed by atoms with Crippen LogP contribution in [0.2, 0.25) is 0 Å². The van der Waals surface area contributed by atoms with E-state index in [0.717, 1.165) is 12.1 Å². The second kappa shape index (κ2) is 7.11. The summed E-state index contributed by atoms with van der Waals surface area (Å²) >= 11 is 6.59. The number of halogens is 2. The summed E-state index contributed by atoms with van der Waals surface area (Å²) in [5, 5.41) is 12.2. The van der Waals surface area contributed by atoms with Gasteiger partial charge in [-0.25, -0.2) is 0 Å². The van der Waals surface area contributed by atoms with Crippen molar-refractivity contribution in [3.63, 3.8) is 0 Å². The molecule has 1 aromatic rings. The predicted molar refractivity (Wildman–Crippen MR) is 78.5 cm³/mol. The van der Waals surface area contributed by atoms with Crippen LogP contribution < -0.4 is 5.32 Å². The molecule has 0 aromatic heterocycles. The van der Waals surface area contributed by atoms with Gasteiger partial charge in [-0.3, -0.25) is 9.69 Å². The highest BCUT2D eigenvalue weighted by atomic mass is 79.9. The lowest BCUT2D eigenvalue weighted by atomic mass is 10.2. The van der Waals surface area contributed by atoms with E-state index in [4.69, 9.17) is 0 Å². The molecular weight excluding hydrogens is 364 g/mol. The number of hydrogen-bond acceptors (Lipinski definition) is 3. The average Bonchev–Trinajstić information content (AvgIpc) is 2.34. The SMILES string of the molecule is CCN(CC(=O)NC)Cc1cc(Br)c(O)c(Br)c1. The van der Waals surface area contributed by atoms with Crippen molar-refractivity contribution in [2.75, 3.05) is 20.1 Å². The van der Waals surface area contributed by atoms with Crippen molar-refractivity contribution in [1.82, 2.24) is 10.2 Å². The Morgan fingerprint density at radius 2 is 1.94 bits per heavy atom. The lowest BCUT2D eigenvalue weighted by Crippen LogP contribution is -2.35. The van der Waals surface area contributed by atoms with Crippen LogP contribution in [0.4, 0.5) is 0 Å². The zero-order chi connectivity index (χ0) is 13.7. The van der Waals surface area contributed by atoms with Crippen LogP contribution in [0.3, 0.4) is 0 Å². The highest BCUT2D eigenvalue weighted by molar-refractivity contribution is 9.11. The molecule has 2 N–H and O–H groups in total. The molecular formula is C12H16Br2N2O2. The first-order valence-corrected chi connectivity index (χ1v) is 7.16. The zero-order valence-electron chi connectivity index (χ0n) is 10.3. The minimum Gasteiger partial charge on any atom is -0.506 e. The molecule has 0 unspecified atom stereocenters. The quantitative estimate of drug-likeness (QED) is 0.826. The van der Waals surface area contributed by atoms with Crippen LogP contribution in [-0.4, -0.2) is 36.1 Å². The van der Waals surface area contributed by atoms with Crippen LogP contribution in [0.1, 0.15) is 12.5 Å². The number of amides is 1. The molecule has 0 aliphatic carbocycles. The maximum Gasteiger partial charge on any atom is 0.233 e. The van der Waals surface area contributed by atoms with Gasteiger partial charge in [0.15, 0.2) is 0 Å². The summed E-state index contributed by atoms with van der Waals surface area (Å²) < 4.78 is 1.28. The molecule has 100 valence electrons. The van der Waals surface area contributed by atoms with Crippen LogP contribution in [0.5, 0.6) is 5.75 Å². The molecule has 0 fully saturated rings. The molecule has 1 rings (SSSR count). The molecule has 0 bridgehead atoms. The van der Waals surface area contributed by atoms with E-state index in [1.807, 2.05) is 24.0 Å². The molecule has 6 heteroatoms. The van der Waals surface area contributed by atoms with Crippen LogP contribution in [0, 0.1) is 0 Å². The predicted octanol–water partition coefficient (Wildman–Crippen LogP) is 2.49. The molecule has 0 saturated carbocycles. The second-order valence-corrected chi connectivity index (χ2v) is 5.59. The largest absolute Gasteiger partial charge is 0.506 e. The van der Waals surface area contributed by atoms with Crippen molar-refractivity contribution in [2.24, 2.45) is 0 Å². The summed E-state index contributed by atoms with van der Waals surface area (Å²) in [5.41, 5.74) is 1.03. The van der Waals surface area contributed by atoms with E-state index in [9.17, 15) is 9.90 Å². The number of hydrogen-bond donors (Lipinski definition) is 2. The number of phenolic OH excluding ortho intramolecular Hbond substituents is 1. The summed E-state index contributed by atoms with van der Waals surface area (Å²) in [4.78, 5) is 13.4. The third kappa shape index (κ3) is 4.26. The average molecular weight is 380 g/mol. The van der Waals surface area contributed by atoms with E-state index in [0.29, 0.717) is 22.0 Å². The van der Waals surface area contributed by atoms with Crippen molar-refractivity contribution in [3.8, 4) is 5.75 Å². The van der Waals surface area contributed by atoms with Crippen LogP contribution >= 0.6 is 31.9 Å². The summed E-state index contributed by atoms with van der Waals surface area (Å²) in [5.74, 6) is 0.182. The topological polar surface area (TPSA) is 52.6 Å². The molecule has 0 aliphatic heterocycles. The summed E-state index contributed by atoms with van der Waals surface area (Å²) in [6.07, 6.45) is 0. The number of nitrogens with zero attached hydrogens (tertiary/aromatic N) is 1. The monoisotopic (exact) mass is 378 g/mol. The van der Waals surface area contributed by atoms with Gasteiger partial charge in [0.2, 0.25) is 5.91 Å². The van der Waals surface area contributed by atoms with Crippen molar-refractivity contribution in [2.45, 2.75) is 13.5 Å². The maximum absolute atomic E-state index is 11.3. The number of carbonyl (C=O) groups is 1. The Morgan fingerprint density at radius 3 is 2.39 bits per heavy atom. The Balaban J connectivity index is 2.79. The Labute approximate surface area is 124 Å². The number of carbonyl (C=O) groups excluding carboxylic acids is 1. The molecule has 1 amide bonds. The molecule has 0 radical (unpaired) electrons. The van der Waals surface area contributed by atoms with Gasteiger partial charge in [-0.2, -0.15) is 0 Å². The molecule has 0 spiro atoms. The summed E-state index contributed by atoms with van der Waals surface area (Å²) in [6.45, 7) is 3.81. The normalized spacial score (nSPS) is 10.7. The van der Waals surface area contributed by atoms with Crippen molar-refractivity contribution in [1.29, 1.82) is 0 Å².